The van der Waals surface area contributed by atoms with Gasteiger partial charge in [-0.25, -0.2) is 0 Å². The van der Waals surface area contributed by atoms with E-state index in [1.54, 1.807) is 6.42 Å². The van der Waals surface area contributed by atoms with Gasteiger partial charge in [0, 0.05) is 31.2 Å². The molecular formula is C18H32N2. The van der Waals surface area contributed by atoms with E-state index in [-0.39, 0.29) is 0 Å². The Labute approximate surface area is 124 Å². The maximum atomic E-state index is 3.00. The molecule has 0 aromatic heterocycles. The highest BCUT2D eigenvalue weighted by Crippen LogP contribution is 2.48. The van der Waals surface area contributed by atoms with Crippen molar-refractivity contribution in [3.8, 4) is 0 Å². The second kappa shape index (κ2) is 5.28. The minimum Gasteiger partial charge on any atom is -0.298 e. The molecule has 5 unspecified atom stereocenters. The Morgan fingerprint density at radius 2 is 1.85 bits per heavy atom. The molecule has 2 saturated heterocycles. The summed E-state index contributed by atoms with van der Waals surface area (Å²) in [6, 6.07) is 2.66. The molecule has 4 rings (SSSR count). The summed E-state index contributed by atoms with van der Waals surface area (Å²) < 4.78 is 0. The Bertz CT molecular complexity index is 353. The van der Waals surface area contributed by atoms with Crippen molar-refractivity contribution in [2.45, 2.75) is 76.9 Å². The second-order valence-corrected chi connectivity index (χ2v) is 8.39. The van der Waals surface area contributed by atoms with Crippen LogP contribution in [-0.4, -0.2) is 47.6 Å². The molecule has 0 aromatic carbocycles. The van der Waals surface area contributed by atoms with Crippen LogP contribution in [0.2, 0.25) is 0 Å². The summed E-state index contributed by atoms with van der Waals surface area (Å²) in [4.78, 5) is 5.83. The number of hydrogen-bond acceptors (Lipinski definition) is 2. The fraction of sp³-hybridized carbons (Fsp3) is 1.00. The SMILES string of the molecule is CC(C)C1CN2CCCCC2CN1C1CC2CCC1C2. The molecule has 2 aliphatic carbocycles. The van der Waals surface area contributed by atoms with Crippen molar-refractivity contribution in [1.82, 2.24) is 9.80 Å². The van der Waals surface area contributed by atoms with Crippen molar-refractivity contribution in [3.05, 3.63) is 0 Å². The van der Waals surface area contributed by atoms with E-state index in [9.17, 15) is 0 Å². The van der Waals surface area contributed by atoms with Gasteiger partial charge in [-0.2, -0.15) is 0 Å². The predicted molar refractivity (Wildman–Crippen MR) is 83.8 cm³/mol. The van der Waals surface area contributed by atoms with E-state index in [1.807, 2.05) is 0 Å². The summed E-state index contributed by atoms with van der Waals surface area (Å²) in [5.74, 6) is 2.95. The van der Waals surface area contributed by atoms with Crippen LogP contribution < -0.4 is 0 Å². The van der Waals surface area contributed by atoms with Crippen LogP contribution in [-0.2, 0) is 0 Å². The maximum Gasteiger partial charge on any atom is 0.0249 e. The highest BCUT2D eigenvalue weighted by atomic mass is 15.3. The monoisotopic (exact) mass is 276 g/mol. The molecule has 2 heterocycles. The molecule has 0 radical (unpaired) electrons. The van der Waals surface area contributed by atoms with Crippen LogP contribution in [0.25, 0.3) is 0 Å². The van der Waals surface area contributed by atoms with Crippen LogP contribution in [0, 0.1) is 17.8 Å². The lowest BCUT2D eigenvalue weighted by Crippen LogP contribution is -2.63. The van der Waals surface area contributed by atoms with Crippen molar-refractivity contribution in [2.24, 2.45) is 17.8 Å². The Kier molecular flexibility index (Phi) is 3.58. The molecule has 2 heteroatoms. The highest BCUT2D eigenvalue weighted by Gasteiger charge is 2.47. The van der Waals surface area contributed by atoms with Gasteiger partial charge < -0.3 is 0 Å². The first-order chi connectivity index (χ1) is 9.72. The van der Waals surface area contributed by atoms with Crippen LogP contribution >= 0.6 is 0 Å². The van der Waals surface area contributed by atoms with Gasteiger partial charge in [0.2, 0.25) is 0 Å². The molecule has 20 heavy (non-hydrogen) atoms. The second-order valence-electron chi connectivity index (χ2n) is 8.39. The smallest absolute Gasteiger partial charge is 0.0249 e. The van der Waals surface area contributed by atoms with Crippen LogP contribution in [0.15, 0.2) is 0 Å². The first-order valence-corrected chi connectivity index (χ1v) is 9.22. The summed E-state index contributed by atoms with van der Waals surface area (Å²) in [6.45, 7) is 9.02. The summed E-state index contributed by atoms with van der Waals surface area (Å²) in [7, 11) is 0. The zero-order valence-electron chi connectivity index (χ0n) is 13.4. The molecule has 4 aliphatic rings. The predicted octanol–water partition coefficient (Wildman–Crippen LogP) is 3.37. The Balaban J connectivity index is 1.53. The number of nitrogens with zero attached hydrogens (tertiary/aromatic N) is 2. The molecule has 0 amide bonds. The quantitative estimate of drug-likeness (QED) is 0.763. The minimum absolute atomic E-state index is 0.817. The minimum atomic E-state index is 0.817. The molecule has 114 valence electrons. The number of hydrogen-bond donors (Lipinski definition) is 0. The van der Waals surface area contributed by atoms with E-state index < -0.39 is 0 Å². The lowest BCUT2D eigenvalue weighted by atomic mass is 9.86. The van der Waals surface area contributed by atoms with E-state index in [4.69, 9.17) is 0 Å². The van der Waals surface area contributed by atoms with Crippen molar-refractivity contribution in [3.63, 3.8) is 0 Å². The van der Waals surface area contributed by atoms with Gasteiger partial charge in [-0.3, -0.25) is 9.80 Å². The van der Waals surface area contributed by atoms with Crippen molar-refractivity contribution in [1.29, 1.82) is 0 Å². The van der Waals surface area contributed by atoms with Crippen molar-refractivity contribution in [2.75, 3.05) is 19.6 Å². The maximum absolute atomic E-state index is 3.00. The third-order valence-corrected chi connectivity index (χ3v) is 6.91. The number of fused-ring (bicyclic) bond motifs is 3. The van der Waals surface area contributed by atoms with Crippen molar-refractivity contribution < 1.29 is 0 Å². The number of rotatable bonds is 2. The van der Waals surface area contributed by atoms with Crippen LogP contribution in [0.3, 0.4) is 0 Å². The zero-order chi connectivity index (χ0) is 13.7. The van der Waals surface area contributed by atoms with E-state index in [1.165, 1.54) is 58.2 Å². The standard InChI is InChI=1S/C18H32N2/c1-13(2)18-12-19-8-4-3-5-16(19)11-20(18)17-10-14-6-7-15(17)9-14/h13-18H,3-12H2,1-2H3. The lowest BCUT2D eigenvalue weighted by molar-refractivity contribution is -0.0416. The van der Waals surface area contributed by atoms with Gasteiger partial charge in [-0.1, -0.05) is 26.7 Å². The Hall–Kier alpha value is -0.0800. The van der Waals surface area contributed by atoms with Gasteiger partial charge >= 0.3 is 0 Å². The molecule has 0 spiro atoms. The van der Waals surface area contributed by atoms with Gasteiger partial charge in [-0.05, 0) is 56.4 Å². The average Bonchev–Trinajstić information content (AvgIpc) is 3.08. The number of piperazine rings is 1. The first-order valence-electron chi connectivity index (χ1n) is 9.22. The van der Waals surface area contributed by atoms with E-state index in [2.05, 4.69) is 23.6 Å². The Morgan fingerprint density at radius 3 is 2.55 bits per heavy atom. The molecule has 2 saturated carbocycles. The van der Waals surface area contributed by atoms with Gasteiger partial charge in [-0.15, -0.1) is 0 Å². The molecule has 5 atom stereocenters. The zero-order valence-corrected chi connectivity index (χ0v) is 13.4. The molecule has 0 N–H and O–H groups in total. The van der Waals surface area contributed by atoms with E-state index >= 15 is 0 Å². The third kappa shape index (κ3) is 2.23. The van der Waals surface area contributed by atoms with Crippen LogP contribution in [0.4, 0.5) is 0 Å². The summed E-state index contributed by atoms with van der Waals surface area (Å²) in [6.07, 6.45) is 10.5. The molecule has 4 fully saturated rings. The third-order valence-electron chi connectivity index (χ3n) is 6.91. The fourth-order valence-electron chi connectivity index (χ4n) is 5.82. The molecule has 2 nitrogen and oxygen atoms in total. The van der Waals surface area contributed by atoms with Crippen LogP contribution in [0.1, 0.15) is 58.8 Å². The fourth-order valence-corrected chi connectivity index (χ4v) is 5.82. The molecule has 2 bridgehead atoms. The van der Waals surface area contributed by atoms with Gasteiger partial charge in [0.05, 0.1) is 0 Å². The van der Waals surface area contributed by atoms with Crippen LogP contribution in [0.5, 0.6) is 0 Å². The average molecular weight is 276 g/mol. The van der Waals surface area contributed by atoms with E-state index in [0.717, 1.165) is 35.9 Å². The normalized spacial score (nSPS) is 46.0. The van der Waals surface area contributed by atoms with Gasteiger partial charge in [0.1, 0.15) is 0 Å². The molecule has 0 aromatic rings. The summed E-state index contributed by atoms with van der Waals surface area (Å²) >= 11 is 0. The molecule has 2 aliphatic heterocycles. The Morgan fingerprint density at radius 1 is 0.950 bits per heavy atom. The lowest BCUT2D eigenvalue weighted by Gasteiger charge is -2.53. The van der Waals surface area contributed by atoms with Gasteiger partial charge in [0.15, 0.2) is 0 Å². The molecular weight excluding hydrogens is 244 g/mol. The largest absolute Gasteiger partial charge is 0.298 e. The summed E-state index contributed by atoms with van der Waals surface area (Å²) in [5, 5.41) is 0. The topological polar surface area (TPSA) is 6.48 Å². The summed E-state index contributed by atoms with van der Waals surface area (Å²) in [5.41, 5.74) is 0. The number of piperidine rings is 1. The first kappa shape index (κ1) is 13.6. The highest BCUT2D eigenvalue weighted by molar-refractivity contribution is 5.01. The van der Waals surface area contributed by atoms with E-state index in [0.29, 0.717) is 0 Å². The van der Waals surface area contributed by atoms with Gasteiger partial charge in [0.25, 0.3) is 0 Å². The van der Waals surface area contributed by atoms with Crippen molar-refractivity contribution >= 4 is 0 Å².